The van der Waals surface area contributed by atoms with Gasteiger partial charge in [-0.05, 0) is 43.2 Å². The van der Waals surface area contributed by atoms with Gasteiger partial charge < -0.3 is 27.2 Å². The van der Waals surface area contributed by atoms with Crippen LogP contribution in [0.3, 0.4) is 0 Å². The van der Waals surface area contributed by atoms with Crippen molar-refractivity contribution in [2.24, 2.45) is 16.9 Å². The Morgan fingerprint density at radius 3 is 2.48 bits per heavy atom. The van der Waals surface area contributed by atoms with Crippen molar-refractivity contribution in [2.45, 2.75) is 54.1 Å². The largest absolute Gasteiger partial charge is 0.434 e. The Morgan fingerprint density at radius 2 is 1.94 bits per heavy atom. The molecular weight excluding hydrogens is 431 g/mol. The molecular formula is C19H24F3N7OS. The first kappa shape index (κ1) is 22.1. The minimum atomic E-state index is -4.63. The number of piperidine rings is 1. The van der Waals surface area contributed by atoms with Gasteiger partial charge in [0.2, 0.25) is 0 Å². The number of aliphatic hydroxyl groups is 1. The smallest absolute Gasteiger partial charge is 0.381 e. The second-order valence-corrected chi connectivity index (χ2v) is 9.04. The molecule has 1 spiro atoms. The molecule has 0 amide bonds. The van der Waals surface area contributed by atoms with E-state index in [1.54, 1.807) is 0 Å². The van der Waals surface area contributed by atoms with Crippen LogP contribution in [0.1, 0.15) is 43.3 Å². The second kappa shape index (κ2) is 8.08. The second-order valence-electron chi connectivity index (χ2n) is 8.01. The molecule has 1 saturated carbocycles. The Morgan fingerprint density at radius 1 is 1.23 bits per heavy atom. The Labute approximate surface area is 181 Å². The normalized spacial score (nSPS) is 21.7. The van der Waals surface area contributed by atoms with Crippen LogP contribution in [0.2, 0.25) is 0 Å². The molecule has 3 heterocycles. The van der Waals surface area contributed by atoms with E-state index in [9.17, 15) is 18.3 Å². The van der Waals surface area contributed by atoms with Crippen molar-refractivity contribution in [2.75, 3.05) is 23.7 Å². The summed E-state index contributed by atoms with van der Waals surface area (Å²) in [6.07, 6.45) is -1.12. The fraction of sp³-hybridized carbons (Fsp3) is 0.526. The molecule has 1 unspecified atom stereocenters. The third kappa shape index (κ3) is 4.16. The number of nitrogens with zero attached hydrogens (tertiary/aromatic N) is 4. The summed E-state index contributed by atoms with van der Waals surface area (Å²) < 4.78 is 39.8. The van der Waals surface area contributed by atoms with Crippen LogP contribution in [-0.2, 0) is 6.18 Å². The van der Waals surface area contributed by atoms with Crippen molar-refractivity contribution in [1.82, 2.24) is 15.0 Å². The number of nitrogen functional groups attached to an aromatic ring is 1. The fourth-order valence-corrected chi connectivity index (χ4v) is 5.15. The van der Waals surface area contributed by atoms with Gasteiger partial charge in [0.15, 0.2) is 17.3 Å². The Hall–Kier alpha value is -2.15. The minimum Gasteiger partial charge on any atom is -0.381 e. The van der Waals surface area contributed by atoms with E-state index >= 15 is 0 Å². The molecule has 2 aromatic rings. The predicted octanol–water partition coefficient (Wildman–Crippen LogP) is 2.28. The van der Waals surface area contributed by atoms with Crippen molar-refractivity contribution in [3.05, 3.63) is 29.7 Å². The molecule has 4 rings (SSSR count). The maximum atomic E-state index is 13.3. The van der Waals surface area contributed by atoms with E-state index < -0.39 is 18.1 Å². The summed E-state index contributed by atoms with van der Waals surface area (Å²) in [7, 11) is 0. The van der Waals surface area contributed by atoms with Crippen LogP contribution in [0.4, 0.5) is 24.8 Å². The van der Waals surface area contributed by atoms with Crippen molar-refractivity contribution in [1.29, 1.82) is 0 Å². The third-order valence-corrected chi connectivity index (χ3v) is 7.26. The number of halogens is 3. The molecule has 0 bridgehead atoms. The molecule has 1 saturated heterocycles. The van der Waals surface area contributed by atoms with Crippen LogP contribution in [0, 0.1) is 5.41 Å². The summed E-state index contributed by atoms with van der Waals surface area (Å²) in [5.74, 6) is 0.309. The topological polar surface area (TPSA) is 140 Å². The molecule has 2 fully saturated rings. The zero-order valence-electron chi connectivity index (χ0n) is 16.6. The van der Waals surface area contributed by atoms with E-state index in [2.05, 4.69) is 15.0 Å². The Bertz CT molecular complexity index is 964. The first-order valence-corrected chi connectivity index (χ1v) is 10.7. The highest BCUT2D eigenvalue weighted by atomic mass is 32.2. The first-order chi connectivity index (χ1) is 14.6. The van der Waals surface area contributed by atoms with Crippen LogP contribution in [0.5, 0.6) is 0 Å². The van der Waals surface area contributed by atoms with Crippen LogP contribution in [0.25, 0.3) is 0 Å². The van der Waals surface area contributed by atoms with Crippen molar-refractivity contribution >= 4 is 23.4 Å². The quantitative estimate of drug-likeness (QED) is 0.511. The lowest BCUT2D eigenvalue weighted by Crippen LogP contribution is -2.56. The molecule has 1 aliphatic heterocycles. The Kier molecular flexibility index (Phi) is 5.75. The van der Waals surface area contributed by atoms with E-state index in [0.717, 1.165) is 31.9 Å². The number of alkyl halides is 3. The number of rotatable bonds is 4. The molecule has 2 aromatic heterocycles. The zero-order chi connectivity index (χ0) is 22.4. The van der Waals surface area contributed by atoms with Gasteiger partial charge in [-0.3, -0.25) is 4.98 Å². The van der Waals surface area contributed by atoms with Gasteiger partial charge in [0.25, 0.3) is 0 Å². The molecule has 168 valence electrons. The molecule has 8 nitrogen and oxygen atoms in total. The first-order valence-electron chi connectivity index (χ1n) is 9.92. The van der Waals surface area contributed by atoms with Gasteiger partial charge in [-0.2, -0.15) is 13.2 Å². The van der Waals surface area contributed by atoms with Gasteiger partial charge in [0.1, 0.15) is 16.9 Å². The van der Waals surface area contributed by atoms with E-state index in [0.29, 0.717) is 30.7 Å². The van der Waals surface area contributed by atoms with Crippen molar-refractivity contribution < 1.29 is 18.3 Å². The summed E-state index contributed by atoms with van der Waals surface area (Å²) in [5.41, 5.74) is 17.1. The van der Waals surface area contributed by atoms with E-state index in [4.69, 9.17) is 17.2 Å². The van der Waals surface area contributed by atoms with Gasteiger partial charge in [-0.1, -0.05) is 11.8 Å². The highest BCUT2D eigenvalue weighted by Gasteiger charge is 2.46. The Balaban J connectivity index is 1.62. The number of nitrogens with two attached hydrogens (primary N) is 3. The standard InChI is InChI=1S/C19H24F3N7OS/c20-19(21,22)13-10(2-1-7-26-13)31-17-14(24)28-16(12(27-17)15(25)30)29-8-5-18(6-9-29)4-3-11(18)23/h1-2,7,11,15,30H,3-6,8-9,23,25H2,(H2,24,28)/t11-,15?/m0/s1. The number of hydrogen-bond acceptors (Lipinski definition) is 9. The summed E-state index contributed by atoms with van der Waals surface area (Å²) in [4.78, 5) is 13.9. The predicted molar refractivity (Wildman–Crippen MR) is 110 cm³/mol. The summed E-state index contributed by atoms with van der Waals surface area (Å²) in [5, 5.41) is 10.1. The van der Waals surface area contributed by atoms with Crippen molar-refractivity contribution in [3.63, 3.8) is 0 Å². The van der Waals surface area contributed by atoms with Gasteiger partial charge >= 0.3 is 6.18 Å². The highest BCUT2D eigenvalue weighted by molar-refractivity contribution is 7.99. The van der Waals surface area contributed by atoms with Gasteiger partial charge in [0, 0.05) is 30.2 Å². The van der Waals surface area contributed by atoms with E-state index in [-0.39, 0.29) is 32.9 Å². The minimum absolute atomic E-state index is 0.0243. The highest BCUT2D eigenvalue weighted by Crippen LogP contribution is 2.49. The van der Waals surface area contributed by atoms with Gasteiger partial charge in [0.05, 0.1) is 0 Å². The van der Waals surface area contributed by atoms with Gasteiger partial charge in [-0.25, -0.2) is 9.97 Å². The number of pyridine rings is 1. The van der Waals surface area contributed by atoms with Crippen LogP contribution < -0.4 is 22.1 Å². The average Bonchev–Trinajstić information content (AvgIpc) is 2.73. The number of hydrogen-bond donors (Lipinski definition) is 4. The van der Waals surface area contributed by atoms with Gasteiger partial charge in [-0.15, -0.1) is 0 Å². The molecule has 0 radical (unpaired) electrons. The molecule has 1 aliphatic carbocycles. The number of aromatic nitrogens is 3. The number of aliphatic hydroxyl groups excluding tert-OH is 1. The van der Waals surface area contributed by atoms with Crippen LogP contribution >= 0.6 is 11.8 Å². The summed E-state index contributed by atoms with van der Waals surface area (Å²) >= 11 is 0.685. The molecule has 2 atom stereocenters. The van der Waals surface area contributed by atoms with Crippen LogP contribution in [-0.4, -0.2) is 39.2 Å². The molecule has 2 aliphatic rings. The van der Waals surface area contributed by atoms with E-state index in [1.165, 1.54) is 12.1 Å². The molecule has 7 N–H and O–H groups in total. The molecule has 31 heavy (non-hydrogen) atoms. The lowest BCUT2D eigenvalue weighted by Gasteiger charge is -2.52. The fourth-order valence-electron chi connectivity index (χ4n) is 4.24. The maximum Gasteiger partial charge on any atom is 0.434 e. The molecule has 0 aromatic carbocycles. The SMILES string of the molecule is Nc1nc(N2CCC3(CC[C@@H]3N)CC2)c(C(N)O)nc1Sc1cccnc1C(F)(F)F. The lowest BCUT2D eigenvalue weighted by molar-refractivity contribution is -0.143. The zero-order valence-corrected chi connectivity index (χ0v) is 17.5. The van der Waals surface area contributed by atoms with Crippen LogP contribution in [0.15, 0.2) is 28.3 Å². The third-order valence-electron chi connectivity index (χ3n) is 6.22. The maximum absolute atomic E-state index is 13.3. The summed E-state index contributed by atoms with van der Waals surface area (Å²) in [6, 6.07) is 2.87. The van der Waals surface area contributed by atoms with E-state index in [1.807, 2.05) is 4.90 Å². The monoisotopic (exact) mass is 455 g/mol. The number of anilines is 2. The lowest BCUT2D eigenvalue weighted by atomic mass is 9.60. The average molecular weight is 456 g/mol. The molecule has 12 heteroatoms. The summed E-state index contributed by atoms with van der Waals surface area (Å²) in [6.45, 7) is 1.32. The van der Waals surface area contributed by atoms with Crippen molar-refractivity contribution in [3.8, 4) is 0 Å².